The third-order valence-electron chi connectivity index (χ3n) is 3.72. The summed E-state index contributed by atoms with van der Waals surface area (Å²) < 4.78 is 0. The number of anilines is 1. The van der Waals surface area contributed by atoms with Crippen molar-refractivity contribution in [1.82, 2.24) is 9.88 Å². The normalized spacial score (nSPS) is 18.9. The van der Waals surface area contributed by atoms with Crippen molar-refractivity contribution >= 4 is 11.6 Å². The maximum atomic E-state index is 12.7. The first-order valence-corrected chi connectivity index (χ1v) is 7.37. The maximum Gasteiger partial charge on any atom is 0.256 e. The molecule has 1 atom stereocenters. The number of nitrogens with zero attached hydrogens (tertiary/aromatic N) is 2. The van der Waals surface area contributed by atoms with Crippen LogP contribution >= 0.6 is 0 Å². The summed E-state index contributed by atoms with van der Waals surface area (Å²) in [5.41, 5.74) is 1.43. The average molecular weight is 277 g/mol. The number of rotatable bonds is 5. The van der Waals surface area contributed by atoms with Gasteiger partial charge in [0.25, 0.3) is 5.91 Å². The lowest BCUT2D eigenvalue weighted by molar-refractivity contribution is 0.0504. The highest BCUT2D eigenvalue weighted by atomic mass is 16.3. The molecule has 1 aliphatic heterocycles. The SMILES string of the molecule is CCCNc1cnccc1C(=O)N1CCCCC1CO. The number of carbonyl (C=O) groups is 1. The van der Waals surface area contributed by atoms with Gasteiger partial charge in [-0.1, -0.05) is 6.92 Å². The van der Waals surface area contributed by atoms with E-state index in [1.165, 1.54) is 0 Å². The van der Waals surface area contributed by atoms with E-state index in [0.717, 1.165) is 44.5 Å². The van der Waals surface area contributed by atoms with Gasteiger partial charge in [-0.2, -0.15) is 0 Å². The van der Waals surface area contributed by atoms with E-state index in [1.54, 1.807) is 23.4 Å². The molecular formula is C15H23N3O2. The number of piperidine rings is 1. The number of hydrogen-bond acceptors (Lipinski definition) is 4. The molecule has 0 saturated carbocycles. The number of amides is 1. The minimum atomic E-state index is -0.0524. The van der Waals surface area contributed by atoms with Crippen LogP contribution in [0.4, 0.5) is 5.69 Å². The average Bonchev–Trinajstić information content (AvgIpc) is 2.52. The van der Waals surface area contributed by atoms with Crippen LogP contribution < -0.4 is 5.32 Å². The quantitative estimate of drug-likeness (QED) is 0.862. The summed E-state index contributed by atoms with van der Waals surface area (Å²) in [4.78, 5) is 18.6. The summed E-state index contributed by atoms with van der Waals surface area (Å²) in [6.07, 6.45) is 7.29. The highest BCUT2D eigenvalue weighted by Crippen LogP contribution is 2.22. The Morgan fingerprint density at radius 2 is 2.40 bits per heavy atom. The highest BCUT2D eigenvalue weighted by Gasteiger charge is 2.28. The fourth-order valence-corrected chi connectivity index (χ4v) is 2.59. The van der Waals surface area contributed by atoms with Crippen molar-refractivity contribution in [2.45, 2.75) is 38.6 Å². The van der Waals surface area contributed by atoms with Gasteiger partial charge in [-0.05, 0) is 31.7 Å². The van der Waals surface area contributed by atoms with Crippen molar-refractivity contribution < 1.29 is 9.90 Å². The van der Waals surface area contributed by atoms with Gasteiger partial charge >= 0.3 is 0 Å². The Balaban J connectivity index is 2.19. The summed E-state index contributed by atoms with van der Waals surface area (Å²) in [6, 6.07) is 1.70. The van der Waals surface area contributed by atoms with E-state index in [9.17, 15) is 9.90 Å². The van der Waals surface area contributed by atoms with Gasteiger partial charge in [-0.15, -0.1) is 0 Å². The van der Waals surface area contributed by atoms with Crippen molar-refractivity contribution in [3.8, 4) is 0 Å². The molecule has 2 rings (SSSR count). The standard InChI is InChI=1S/C15H23N3O2/c1-2-7-17-14-10-16-8-6-13(14)15(20)18-9-4-3-5-12(18)11-19/h6,8,10,12,17,19H,2-5,7,9,11H2,1H3. The molecular weight excluding hydrogens is 254 g/mol. The molecule has 20 heavy (non-hydrogen) atoms. The third-order valence-corrected chi connectivity index (χ3v) is 3.72. The molecule has 0 radical (unpaired) electrons. The number of hydrogen-bond donors (Lipinski definition) is 2. The second kappa shape index (κ2) is 7.24. The molecule has 1 fully saturated rings. The molecule has 1 aromatic heterocycles. The smallest absolute Gasteiger partial charge is 0.256 e. The lowest BCUT2D eigenvalue weighted by Crippen LogP contribution is -2.45. The Labute approximate surface area is 120 Å². The summed E-state index contributed by atoms with van der Waals surface area (Å²) in [5.74, 6) is -0.00949. The van der Waals surface area contributed by atoms with Crippen LogP contribution in [0.5, 0.6) is 0 Å². The Bertz CT molecular complexity index is 450. The van der Waals surface area contributed by atoms with E-state index in [0.29, 0.717) is 5.56 Å². The van der Waals surface area contributed by atoms with Gasteiger partial charge in [0.05, 0.1) is 30.1 Å². The summed E-state index contributed by atoms with van der Waals surface area (Å²) in [6.45, 7) is 3.65. The van der Waals surface area contributed by atoms with Gasteiger partial charge in [-0.25, -0.2) is 0 Å². The molecule has 0 aromatic carbocycles. The molecule has 110 valence electrons. The molecule has 5 heteroatoms. The fraction of sp³-hybridized carbons (Fsp3) is 0.600. The lowest BCUT2D eigenvalue weighted by atomic mass is 10.0. The minimum Gasteiger partial charge on any atom is -0.394 e. The van der Waals surface area contributed by atoms with Gasteiger partial charge in [-0.3, -0.25) is 9.78 Å². The summed E-state index contributed by atoms with van der Waals surface area (Å²) in [5, 5.41) is 12.7. The van der Waals surface area contributed by atoms with E-state index in [2.05, 4.69) is 17.2 Å². The van der Waals surface area contributed by atoms with Crippen molar-refractivity contribution in [3.05, 3.63) is 24.0 Å². The molecule has 5 nitrogen and oxygen atoms in total. The van der Waals surface area contributed by atoms with Crippen molar-refractivity contribution in [1.29, 1.82) is 0 Å². The molecule has 0 bridgehead atoms. The van der Waals surface area contributed by atoms with Crippen LogP contribution in [-0.2, 0) is 0 Å². The van der Waals surface area contributed by atoms with Gasteiger partial charge in [0.2, 0.25) is 0 Å². The monoisotopic (exact) mass is 277 g/mol. The summed E-state index contributed by atoms with van der Waals surface area (Å²) >= 11 is 0. The second-order valence-electron chi connectivity index (χ2n) is 5.18. The van der Waals surface area contributed by atoms with Gasteiger partial charge < -0.3 is 15.3 Å². The van der Waals surface area contributed by atoms with Crippen LogP contribution in [0.1, 0.15) is 43.0 Å². The number of pyridine rings is 1. The van der Waals surface area contributed by atoms with E-state index in [-0.39, 0.29) is 18.6 Å². The van der Waals surface area contributed by atoms with Crippen molar-refractivity contribution in [3.63, 3.8) is 0 Å². The van der Waals surface area contributed by atoms with Crippen molar-refractivity contribution in [2.75, 3.05) is 25.0 Å². The summed E-state index contributed by atoms with van der Waals surface area (Å²) in [7, 11) is 0. The molecule has 1 saturated heterocycles. The zero-order chi connectivity index (χ0) is 14.4. The Morgan fingerprint density at radius 3 is 3.15 bits per heavy atom. The zero-order valence-electron chi connectivity index (χ0n) is 12.0. The molecule has 0 spiro atoms. The third kappa shape index (κ3) is 3.28. The number of aliphatic hydroxyl groups excluding tert-OH is 1. The molecule has 1 aliphatic rings. The first-order valence-electron chi connectivity index (χ1n) is 7.37. The lowest BCUT2D eigenvalue weighted by Gasteiger charge is -2.35. The van der Waals surface area contributed by atoms with Crippen LogP contribution in [0.25, 0.3) is 0 Å². The van der Waals surface area contributed by atoms with Gasteiger partial charge in [0, 0.05) is 19.3 Å². The van der Waals surface area contributed by atoms with Crippen LogP contribution in [0.2, 0.25) is 0 Å². The minimum absolute atomic E-state index is 0.00949. The first kappa shape index (κ1) is 14.8. The Morgan fingerprint density at radius 1 is 1.55 bits per heavy atom. The van der Waals surface area contributed by atoms with Crippen LogP contribution in [0, 0.1) is 0 Å². The Hall–Kier alpha value is -1.62. The molecule has 2 N–H and O–H groups in total. The number of aliphatic hydroxyl groups is 1. The van der Waals surface area contributed by atoms with E-state index in [1.807, 2.05) is 0 Å². The molecule has 1 amide bonds. The first-order chi connectivity index (χ1) is 9.77. The van der Waals surface area contributed by atoms with Crippen molar-refractivity contribution in [2.24, 2.45) is 0 Å². The predicted octanol–water partition coefficient (Wildman–Crippen LogP) is 1.89. The zero-order valence-corrected chi connectivity index (χ0v) is 12.0. The van der Waals surface area contributed by atoms with Crippen LogP contribution in [0.3, 0.4) is 0 Å². The second-order valence-corrected chi connectivity index (χ2v) is 5.18. The number of aromatic nitrogens is 1. The van der Waals surface area contributed by atoms with E-state index in [4.69, 9.17) is 0 Å². The van der Waals surface area contributed by atoms with E-state index >= 15 is 0 Å². The maximum absolute atomic E-state index is 12.7. The molecule has 0 aliphatic carbocycles. The number of nitrogens with one attached hydrogen (secondary N) is 1. The predicted molar refractivity (Wildman–Crippen MR) is 78.8 cm³/mol. The van der Waals surface area contributed by atoms with E-state index < -0.39 is 0 Å². The molecule has 1 unspecified atom stereocenters. The fourth-order valence-electron chi connectivity index (χ4n) is 2.59. The largest absolute Gasteiger partial charge is 0.394 e. The van der Waals surface area contributed by atoms with Gasteiger partial charge in [0.1, 0.15) is 0 Å². The molecule has 2 heterocycles. The Kier molecular flexibility index (Phi) is 5.35. The molecule has 1 aromatic rings. The number of carbonyl (C=O) groups excluding carboxylic acids is 1. The van der Waals surface area contributed by atoms with Crippen LogP contribution in [-0.4, -0.2) is 46.6 Å². The van der Waals surface area contributed by atoms with Gasteiger partial charge in [0.15, 0.2) is 0 Å². The topological polar surface area (TPSA) is 65.5 Å². The number of likely N-dealkylation sites (tertiary alicyclic amines) is 1. The van der Waals surface area contributed by atoms with Crippen LogP contribution in [0.15, 0.2) is 18.5 Å². The highest BCUT2D eigenvalue weighted by molar-refractivity contribution is 5.99.